The lowest BCUT2D eigenvalue weighted by Crippen LogP contribution is -2.49. The van der Waals surface area contributed by atoms with Crippen molar-refractivity contribution in [1.29, 1.82) is 0 Å². The van der Waals surface area contributed by atoms with E-state index in [9.17, 15) is 4.79 Å². The van der Waals surface area contributed by atoms with Gasteiger partial charge in [-0.25, -0.2) is 14.4 Å². The molecule has 1 aliphatic heterocycles. The number of carbonyl (C=O) groups excluding carboxylic acids is 1. The number of benzene rings is 1. The molecule has 168 valence electrons. The Balaban J connectivity index is 1.30. The molecule has 0 unspecified atom stereocenters. The summed E-state index contributed by atoms with van der Waals surface area (Å²) >= 11 is 0. The lowest BCUT2D eigenvalue weighted by Gasteiger charge is -2.36. The van der Waals surface area contributed by atoms with Crippen molar-refractivity contribution in [2.75, 3.05) is 25.0 Å². The van der Waals surface area contributed by atoms with Crippen LogP contribution in [0.25, 0.3) is 22.0 Å². The van der Waals surface area contributed by atoms with E-state index in [1.54, 1.807) is 6.20 Å². The molecule has 3 aromatic rings. The number of imidazole rings is 1. The monoisotopic (exact) mass is 435 g/mol. The van der Waals surface area contributed by atoms with Crippen LogP contribution >= 0.6 is 0 Å². The summed E-state index contributed by atoms with van der Waals surface area (Å²) in [6.07, 6.45) is 6.52. The minimum Gasteiger partial charge on any atom is -0.331 e. The van der Waals surface area contributed by atoms with Gasteiger partial charge in [0.05, 0.1) is 11.9 Å². The van der Waals surface area contributed by atoms with Crippen LogP contribution in [0.2, 0.25) is 0 Å². The molecule has 2 fully saturated rings. The van der Waals surface area contributed by atoms with Crippen molar-refractivity contribution < 1.29 is 9.18 Å². The molecule has 1 N–H and O–H groups in total. The second-order valence-electron chi connectivity index (χ2n) is 9.89. The Kier molecular flexibility index (Phi) is 5.04. The zero-order chi connectivity index (χ0) is 22.5. The number of pyridine rings is 1. The zero-order valence-corrected chi connectivity index (χ0v) is 19.0. The van der Waals surface area contributed by atoms with E-state index >= 15 is 4.39 Å². The maximum atomic E-state index is 15.4. The van der Waals surface area contributed by atoms with Gasteiger partial charge in [0, 0.05) is 56.7 Å². The Hall–Kier alpha value is -2.80. The van der Waals surface area contributed by atoms with Crippen LogP contribution in [0, 0.1) is 12.3 Å². The van der Waals surface area contributed by atoms with Gasteiger partial charge in [0.15, 0.2) is 5.67 Å². The fourth-order valence-corrected chi connectivity index (χ4v) is 4.57. The van der Waals surface area contributed by atoms with Crippen LogP contribution in [-0.2, 0) is 11.8 Å². The van der Waals surface area contributed by atoms with E-state index in [-0.39, 0.29) is 12.8 Å². The number of hydrogen-bond acceptors (Lipinski definition) is 4. The van der Waals surface area contributed by atoms with Gasteiger partial charge in [-0.2, -0.15) is 0 Å². The van der Waals surface area contributed by atoms with Crippen molar-refractivity contribution in [3.05, 3.63) is 42.5 Å². The highest BCUT2D eigenvalue weighted by molar-refractivity contribution is 5.98. The van der Waals surface area contributed by atoms with Crippen LogP contribution in [0.15, 0.2) is 36.7 Å². The Morgan fingerprint density at radius 3 is 2.50 bits per heavy atom. The molecule has 7 heteroatoms. The quantitative estimate of drug-likeness (QED) is 0.642. The first-order valence-electron chi connectivity index (χ1n) is 11.4. The molecule has 0 bridgehead atoms. The average Bonchev–Trinajstić information content (AvgIpc) is 3.41. The number of fused-ring (bicyclic) bond motifs is 1. The number of hydrogen-bond donors (Lipinski definition) is 1. The third kappa shape index (κ3) is 4.01. The van der Waals surface area contributed by atoms with E-state index in [0.29, 0.717) is 24.3 Å². The van der Waals surface area contributed by atoms with Crippen molar-refractivity contribution in [3.8, 4) is 11.3 Å². The summed E-state index contributed by atoms with van der Waals surface area (Å²) in [5, 5.41) is 4.63. The maximum absolute atomic E-state index is 15.4. The molecule has 3 heterocycles. The first-order valence-corrected chi connectivity index (χ1v) is 11.4. The predicted molar refractivity (Wildman–Crippen MR) is 124 cm³/mol. The van der Waals surface area contributed by atoms with Crippen LogP contribution in [0.5, 0.6) is 0 Å². The lowest BCUT2D eigenvalue weighted by atomic mass is 9.91. The third-order valence-electron chi connectivity index (χ3n) is 7.24. The summed E-state index contributed by atoms with van der Waals surface area (Å²) in [5.74, 6) is 0.735. The number of nitrogens with one attached hydrogen (secondary N) is 1. The SMILES string of the molecule is Cc1ncc(-c2ccc3cnc(NC(=O)C4(F)CCN(CC5(C)CC5)CC4)cc3c2)n1C. The van der Waals surface area contributed by atoms with Gasteiger partial charge in [0.2, 0.25) is 0 Å². The molecule has 32 heavy (non-hydrogen) atoms. The number of anilines is 1. The van der Waals surface area contributed by atoms with E-state index in [4.69, 9.17) is 0 Å². The zero-order valence-electron chi connectivity index (χ0n) is 19.0. The van der Waals surface area contributed by atoms with Gasteiger partial charge in [0.25, 0.3) is 5.91 Å². The molecule has 0 spiro atoms. The van der Waals surface area contributed by atoms with Gasteiger partial charge in [-0.15, -0.1) is 0 Å². The Labute approximate surface area is 187 Å². The van der Waals surface area contributed by atoms with Crippen molar-refractivity contribution in [3.63, 3.8) is 0 Å². The Morgan fingerprint density at radius 1 is 1.09 bits per heavy atom. The van der Waals surface area contributed by atoms with E-state index in [0.717, 1.165) is 34.4 Å². The van der Waals surface area contributed by atoms with Crippen molar-refractivity contribution in [1.82, 2.24) is 19.4 Å². The van der Waals surface area contributed by atoms with E-state index < -0.39 is 11.6 Å². The van der Waals surface area contributed by atoms with E-state index in [1.807, 2.05) is 49.0 Å². The van der Waals surface area contributed by atoms with Crippen molar-refractivity contribution in [2.45, 2.75) is 45.2 Å². The standard InChI is InChI=1S/C25H30FN5O/c1-17-27-15-21(30(17)3)18-4-5-19-14-28-22(13-20(19)12-18)29-23(32)25(26)8-10-31(11-9-25)16-24(2)6-7-24/h4-5,12-15H,6-11,16H2,1-3H3,(H,28,29,32). The number of likely N-dealkylation sites (tertiary alicyclic amines) is 1. The maximum Gasteiger partial charge on any atom is 0.263 e. The number of halogens is 1. The van der Waals surface area contributed by atoms with Crippen molar-refractivity contribution in [2.24, 2.45) is 12.5 Å². The molecular weight excluding hydrogens is 405 g/mol. The fourth-order valence-electron chi connectivity index (χ4n) is 4.57. The summed E-state index contributed by atoms with van der Waals surface area (Å²) in [6, 6.07) is 7.89. The van der Waals surface area contributed by atoms with Crippen LogP contribution < -0.4 is 5.32 Å². The summed E-state index contributed by atoms with van der Waals surface area (Å²) in [6.45, 7) is 6.50. The highest BCUT2D eigenvalue weighted by Gasteiger charge is 2.45. The first-order chi connectivity index (χ1) is 15.2. The molecule has 6 nitrogen and oxygen atoms in total. The second kappa shape index (κ2) is 7.66. The molecule has 0 atom stereocenters. The smallest absolute Gasteiger partial charge is 0.263 e. The molecule has 1 aromatic carbocycles. The van der Waals surface area contributed by atoms with Crippen LogP contribution in [-0.4, -0.2) is 50.6 Å². The lowest BCUT2D eigenvalue weighted by molar-refractivity contribution is -0.130. The average molecular weight is 436 g/mol. The molecule has 1 saturated heterocycles. The number of aryl methyl sites for hydroxylation is 1. The molecule has 2 aromatic heterocycles. The fraction of sp³-hybridized carbons (Fsp3) is 0.480. The summed E-state index contributed by atoms with van der Waals surface area (Å²) in [4.78, 5) is 23.8. The third-order valence-corrected chi connectivity index (χ3v) is 7.24. The first kappa shape index (κ1) is 21.1. The molecule has 1 aliphatic carbocycles. The normalized spacial score (nSPS) is 19.8. The number of nitrogens with zero attached hydrogens (tertiary/aromatic N) is 4. The minimum atomic E-state index is -1.84. The summed E-state index contributed by atoms with van der Waals surface area (Å²) in [5.41, 5.74) is 0.607. The summed E-state index contributed by atoms with van der Waals surface area (Å²) in [7, 11) is 1.98. The van der Waals surface area contributed by atoms with Crippen molar-refractivity contribution >= 4 is 22.5 Å². The molecule has 5 rings (SSSR count). The number of amides is 1. The Bertz CT molecular complexity index is 1170. The number of alkyl halides is 1. The number of aromatic nitrogens is 3. The number of carbonyl (C=O) groups is 1. The van der Waals surface area contributed by atoms with E-state index in [1.165, 1.54) is 12.8 Å². The molecule has 2 aliphatic rings. The number of rotatable bonds is 5. The van der Waals surface area contributed by atoms with Gasteiger partial charge in [-0.1, -0.05) is 19.1 Å². The van der Waals surface area contributed by atoms with E-state index in [2.05, 4.69) is 27.1 Å². The Morgan fingerprint density at radius 2 is 1.84 bits per heavy atom. The van der Waals surface area contributed by atoms with Gasteiger partial charge >= 0.3 is 0 Å². The topological polar surface area (TPSA) is 63.1 Å². The highest BCUT2D eigenvalue weighted by atomic mass is 19.1. The van der Waals surface area contributed by atoms with Gasteiger partial charge in [-0.05, 0) is 42.7 Å². The van der Waals surface area contributed by atoms with Gasteiger partial charge < -0.3 is 14.8 Å². The predicted octanol–water partition coefficient (Wildman–Crippen LogP) is 4.49. The van der Waals surface area contributed by atoms with Crippen LogP contribution in [0.3, 0.4) is 0 Å². The number of piperidine rings is 1. The highest BCUT2D eigenvalue weighted by Crippen LogP contribution is 2.46. The van der Waals surface area contributed by atoms with Gasteiger partial charge in [0.1, 0.15) is 11.6 Å². The molecule has 1 saturated carbocycles. The largest absolute Gasteiger partial charge is 0.331 e. The minimum absolute atomic E-state index is 0.229. The molecule has 1 amide bonds. The summed E-state index contributed by atoms with van der Waals surface area (Å²) < 4.78 is 17.5. The second-order valence-corrected chi connectivity index (χ2v) is 9.89. The molecule has 0 radical (unpaired) electrons. The van der Waals surface area contributed by atoms with Crippen LogP contribution in [0.4, 0.5) is 10.2 Å². The van der Waals surface area contributed by atoms with Gasteiger partial charge in [-0.3, -0.25) is 4.79 Å². The molecular formula is C25H30FN5O. The van der Waals surface area contributed by atoms with Crippen LogP contribution in [0.1, 0.15) is 38.4 Å².